The monoisotopic (exact) mass is 165 g/mol. The van der Waals surface area contributed by atoms with Crippen LogP contribution in [0.5, 0.6) is 0 Å². The van der Waals surface area contributed by atoms with Gasteiger partial charge in [-0.25, -0.2) is 0 Å². The zero-order valence-electron chi connectivity index (χ0n) is 7.42. The van der Waals surface area contributed by atoms with Crippen LogP contribution in [0.3, 0.4) is 0 Å². The summed E-state index contributed by atoms with van der Waals surface area (Å²) in [7, 11) is 0. The topological polar surface area (TPSA) is 35.2 Å². The Morgan fingerprint density at radius 1 is 1.17 bits per heavy atom. The predicted molar refractivity (Wildman–Crippen MR) is 49.7 cm³/mol. The van der Waals surface area contributed by atoms with Gasteiger partial charge in [-0.1, -0.05) is 24.3 Å². The summed E-state index contributed by atoms with van der Waals surface area (Å²) in [5.74, 6) is 0. The van der Waals surface area contributed by atoms with Crippen molar-refractivity contribution in [2.45, 2.75) is 20.1 Å². The summed E-state index contributed by atoms with van der Waals surface area (Å²) in [6.45, 7) is 4.06. The van der Waals surface area contributed by atoms with Gasteiger partial charge in [0.05, 0.1) is 6.61 Å². The molecule has 0 radical (unpaired) electrons. The molecule has 0 aliphatic heterocycles. The van der Waals surface area contributed by atoms with E-state index in [1.807, 2.05) is 19.1 Å². The number of nitrogens with two attached hydrogens (primary N) is 1. The van der Waals surface area contributed by atoms with E-state index in [9.17, 15) is 0 Å². The van der Waals surface area contributed by atoms with Crippen molar-refractivity contribution in [3.8, 4) is 0 Å². The molecule has 0 aliphatic carbocycles. The highest BCUT2D eigenvalue weighted by atomic mass is 16.5. The molecule has 0 unspecified atom stereocenters. The summed E-state index contributed by atoms with van der Waals surface area (Å²) in [5.41, 5.74) is 7.83. The molecule has 0 saturated heterocycles. The molecule has 0 aliphatic rings. The smallest absolute Gasteiger partial charge is 0.0716 e. The predicted octanol–water partition coefficient (Wildman–Crippen LogP) is 1.68. The Morgan fingerprint density at radius 2 is 1.75 bits per heavy atom. The van der Waals surface area contributed by atoms with Gasteiger partial charge in [0.2, 0.25) is 0 Å². The minimum absolute atomic E-state index is 0.606. The molecule has 2 nitrogen and oxygen atoms in total. The fraction of sp³-hybridized carbons (Fsp3) is 0.400. The zero-order chi connectivity index (χ0) is 8.81. The van der Waals surface area contributed by atoms with Crippen molar-refractivity contribution < 1.29 is 4.74 Å². The van der Waals surface area contributed by atoms with E-state index in [4.69, 9.17) is 10.5 Å². The Kier molecular flexibility index (Phi) is 3.77. The molecule has 1 aromatic carbocycles. The van der Waals surface area contributed by atoms with E-state index >= 15 is 0 Å². The normalized spacial score (nSPS) is 10.2. The second kappa shape index (κ2) is 4.91. The van der Waals surface area contributed by atoms with Crippen molar-refractivity contribution in [3.63, 3.8) is 0 Å². The van der Waals surface area contributed by atoms with E-state index in [2.05, 4.69) is 12.1 Å². The van der Waals surface area contributed by atoms with Gasteiger partial charge in [-0.3, -0.25) is 0 Å². The number of rotatable bonds is 4. The van der Waals surface area contributed by atoms with Crippen LogP contribution >= 0.6 is 0 Å². The van der Waals surface area contributed by atoms with Crippen LogP contribution in [0.15, 0.2) is 24.3 Å². The van der Waals surface area contributed by atoms with Crippen LogP contribution in [0, 0.1) is 0 Å². The van der Waals surface area contributed by atoms with Crippen LogP contribution < -0.4 is 5.73 Å². The minimum Gasteiger partial charge on any atom is -0.377 e. The maximum absolute atomic E-state index is 5.47. The van der Waals surface area contributed by atoms with Gasteiger partial charge in [-0.2, -0.15) is 0 Å². The molecule has 0 spiro atoms. The molecule has 0 heterocycles. The first-order valence-corrected chi connectivity index (χ1v) is 4.22. The lowest BCUT2D eigenvalue weighted by atomic mass is 10.1. The second-order valence-corrected chi connectivity index (χ2v) is 2.66. The van der Waals surface area contributed by atoms with E-state index in [0.29, 0.717) is 13.2 Å². The molecule has 0 saturated carbocycles. The first-order valence-electron chi connectivity index (χ1n) is 4.22. The molecule has 2 N–H and O–H groups in total. The third-order valence-corrected chi connectivity index (χ3v) is 1.73. The van der Waals surface area contributed by atoms with Gasteiger partial charge in [0.25, 0.3) is 0 Å². The fourth-order valence-corrected chi connectivity index (χ4v) is 0.991. The van der Waals surface area contributed by atoms with E-state index in [1.165, 1.54) is 5.56 Å². The van der Waals surface area contributed by atoms with Gasteiger partial charge in [0.1, 0.15) is 0 Å². The van der Waals surface area contributed by atoms with Crippen LogP contribution in [0.25, 0.3) is 0 Å². The first kappa shape index (κ1) is 9.23. The van der Waals surface area contributed by atoms with Crippen molar-refractivity contribution in [1.29, 1.82) is 0 Å². The average molecular weight is 165 g/mol. The molecular formula is C10H15NO. The number of hydrogen-bond donors (Lipinski definition) is 1. The van der Waals surface area contributed by atoms with Gasteiger partial charge in [-0.15, -0.1) is 0 Å². The molecule has 0 aromatic heterocycles. The second-order valence-electron chi connectivity index (χ2n) is 2.66. The average Bonchev–Trinajstić information content (AvgIpc) is 2.15. The van der Waals surface area contributed by atoms with E-state index < -0.39 is 0 Å². The lowest BCUT2D eigenvalue weighted by Gasteiger charge is -2.02. The summed E-state index contributed by atoms with van der Waals surface area (Å²) >= 11 is 0. The van der Waals surface area contributed by atoms with Crippen LogP contribution in [0.1, 0.15) is 18.1 Å². The lowest BCUT2D eigenvalue weighted by Crippen LogP contribution is -1.97. The van der Waals surface area contributed by atoms with Crippen molar-refractivity contribution >= 4 is 0 Å². The highest BCUT2D eigenvalue weighted by Gasteiger charge is 1.92. The maximum Gasteiger partial charge on any atom is 0.0716 e. The highest BCUT2D eigenvalue weighted by molar-refractivity contribution is 5.21. The number of benzene rings is 1. The third-order valence-electron chi connectivity index (χ3n) is 1.73. The van der Waals surface area contributed by atoms with Crippen molar-refractivity contribution in [2.24, 2.45) is 5.73 Å². The largest absolute Gasteiger partial charge is 0.377 e. The fourth-order valence-electron chi connectivity index (χ4n) is 0.991. The Hall–Kier alpha value is -0.860. The zero-order valence-corrected chi connectivity index (χ0v) is 7.42. The summed E-state index contributed by atoms with van der Waals surface area (Å²) in [4.78, 5) is 0. The van der Waals surface area contributed by atoms with Crippen LogP contribution in [-0.4, -0.2) is 6.61 Å². The maximum atomic E-state index is 5.47. The van der Waals surface area contributed by atoms with Crippen molar-refractivity contribution in [2.75, 3.05) is 6.61 Å². The van der Waals surface area contributed by atoms with Gasteiger partial charge in [0.15, 0.2) is 0 Å². The summed E-state index contributed by atoms with van der Waals surface area (Å²) in [6.07, 6.45) is 0. The van der Waals surface area contributed by atoms with E-state index in [-0.39, 0.29) is 0 Å². The Labute approximate surface area is 73.3 Å². The van der Waals surface area contributed by atoms with Crippen molar-refractivity contribution in [3.05, 3.63) is 35.4 Å². The molecule has 2 heteroatoms. The minimum atomic E-state index is 0.606. The quantitative estimate of drug-likeness (QED) is 0.736. The Morgan fingerprint density at radius 3 is 2.25 bits per heavy atom. The molecule has 0 bridgehead atoms. The first-order chi connectivity index (χ1) is 5.86. The molecule has 1 rings (SSSR count). The standard InChI is InChI=1S/C10H15NO/c1-2-12-8-10-5-3-9(7-11)4-6-10/h3-6H,2,7-8,11H2,1H3. The number of ether oxygens (including phenoxy) is 1. The van der Waals surface area contributed by atoms with Gasteiger partial charge < -0.3 is 10.5 Å². The molecule has 0 amide bonds. The van der Waals surface area contributed by atoms with Gasteiger partial charge in [-0.05, 0) is 18.1 Å². The van der Waals surface area contributed by atoms with Crippen LogP contribution in [-0.2, 0) is 17.9 Å². The Balaban J connectivity index is 2.53. The lowest BCUT2D eigenvalue weighted by molar-refractivity contribution is 0.134. The molecular weight excluding hydrogens is 150 g/mol. The van der Waals surface area contributed by atoms with Gasteiger partial charge in [0, 0.05) is 13.2 Å². The summed E-state index contributed by atoms with van der Waals surface area (Å²) in [5, 5.41) is 0. The highest BCUT2D eigenvalue weighted by Crippen LogP contribution is 2.04. The molecule has 0 fully saturated rings. The Bertz CT molecular complexity index is 218. The third kappa shape index (κ3) is 2.64. The summed E-state index contributed by atoms with van der Waals surface area (Å²) in [6, 6.07) is 8.18. The molecule has 0 atom stereocenters. The van der Waals surface area contributed by atoms with Crippen LogP contribution in [0.2, 0.25) is 0 Å². The number of hydrogen-bond acceptors (Lipinski definition) is 2. The molecule has 66 valence electrons. The molecule has 12 heavy (non-hydrogen) atoms. The molecule has 1 aromatic rings. The van der Waals surface area contributed by atoms with E-state index in [1.54, 1.807) is 0 Å². The van der Waals surface area contributed by atoms with Gasteiger partial charge >= 0.3 is 0 Å². The SMILES string of the molecule is CCOCc1ccc(CN)cc1. The van der Waals surface area contributed by atoms with Crippen LogP contribution in [0.4, 0.5) is 0 Å². The van der Waals surface area contributed by atoms with E-state index in [0.717, 1.165) is 12.2 Å². The van der Waals surface area contributed by atoms with Crippen molar-refractivity contribution in [1.82, 2.24) is 0 Å². The summed E-state index contributed by atoms with van der Waals surface area (Å²) < 4.78 is 5.26.